The molecular formula is C45H80O4. The van der Waals surface area contributed by atoms with Gasteiger partial charge < -0.3 is 9.47 Å². The predicted octanol–water partition coefficient (Wildman–Crippen LogP) is 14.3. The fraction of sp³-hybridized carbons (Fsp3) is 0.778. The summed E-state index contributed by atoms with van der Waals surface area (Å²) >= 11 is 0. The Morgan fingerprint density at radius 1 is 0.408 bits per heavy atom. The molecule has 284 valence electrons. The third kappa shape index (κ3) is 38.6. The van der Waals surface area contributed by atoms with E-state index in [4.69, 9.17) is 9.47 Å². The van der Waals surface area contributed by atoms with E-state index >= 15 is 0 Å². The first-order valence-electron chi connectivity index (χ1n) is 21.0. The zero-order chi connectivity index (χ0) is 35.7. The quantitative estimate of drug-likeness (QED) is 0.0371. The van der Waals surface area contributed by atoms with Crippen molar-refractivity contribution in [3.8, 4) is 0 Å². The predicted molar refractivity (Wildman–Crippen MR) is 213 cm³/mol. The minimum atomic E-state index is -0.0660. The molecule has 0 heterocycles. The van der Waals surface area contributed by atoms with Crippen LogP contribution in [0.1, 0.15) is 207 Å². The summed E-state index contributed by atoms with van der Waals surface area (Å²) in [5.74, 6) is 0.305. The van der Waals surface area contributed by atoms with Gasteiger partial charge in [0.2, 0.25) is 0 Å². The maximum Gasteiger partial charge on any atom is 0.305 e. The van der Waals surface area contributed by atoms with Gasteiger partial charge in [0.1, 0.15) is 0 Å². The van der Waals surface area contributed by atoms with Gasteiger partial charge in [-0.05, 0) is 95.8 Å². The summed E-state index contributed by atoms with van der Waals surface area (Å²) in [4.78, 5) is 24.5. The third-order valence-electron chi connectivity index (χ3n) is 9.21. The Hall–Kier alpha value is -2.10. The van der Waals surface area contributed by atoms with Crippen LogP contribution in [0.2, 0.25) is 0 Å². The number of carbonyl (C=O) groups excluding carboxylic acids is 2. The second-order valence-electron chi connectivity index (χ2n) is 14.0. The van der Waals surface area contributed by atoms with Gasteiger partial charge >= 0.3 is 11.9 Å². The zero-order valence-corrected chi connectivity index (χ0v) is 32.7. The number of esters is 2. The molecule has 0 atom stereocenters. The summed E-state index contributed by atoms with van der Waals surface area (Å²) < 4.78 is 11.1. The minimum Gasteiger partial charge on any atom is -0.466 e. The van der Waals surface area contributed by atoms with Crippen LogP contribution in [0.25, 0.3) is 0 Å². The minimum absolute atomic E-state index is 0.0660. The van der Waals surface area contributed by atoms with E-state index in [1.165, 1.54) is 89.9 Å². The van der Waals surface area contributed by atoms with Crippen molar-refractivity contribution in [1.29, 1.82) is 0 Å². The summed E-state index contributed by atoms with van der Waals surface area (Å²) in [6.45, 7) is 7.66. The van der Waals surface area contributed by atoms with Crippen molar-refractivity contribution in [3.05, 3.63) is 48.6 Å². The lowest BCUT2D eigenvalue weighted by Gasteiger charge is -2.17. The number of ether oxygens (including phenoxy) is 2. The second-order valence-corrected chi connectivity index (χ2v) is 14.0. The Morgan fingerprint density at radius 3 is 1.14 bits per heavy atom. The Bertz CT molecular complexity index is 760. The lowest BCUT2D eigenvalue weighted by atomic mass is 9.96. The highest BCUT2D eigenvalue weighted by atomic mass is 16.5. The summed E-state index contributed by atoms with van der Waals surface area (Å²) in [5.41, 5.74) is 0. The molecule has 49 heavy (non-hydrogen) atoms. The van der Waals surface area contributed by atoms with Gasteiger partial charge in [-0.25, -0.2) is 0 Å². The van der Waals surface area contributed by atoms with Crippen LogP contribution in [-0.4, -0.2) is 25.2 Å². The SMILES string of the molecule is CCCCC/C=C\C/C=C\CCCCCCCC(=O)OCCC(CCCC)CCOC(=O)CCCCCCC/C=C\C/C=C\CCCCC. The van der Waals surface area contributed by atoms with Crippen molar-refractivity contribution in [1.82, 2.24) is 0 Å². The molecule has 0 N–H and O–H groups in total. The van der Waals surface area contributed by atoms with Crippen molar-refractivity contribution < 1.29 is 19.1 Å². The molecule has 0 bridgehead atoms. The van der Waals surface area contributed by atoms with Crippen LogP contribution < -0.4 is 0 Å². The third-order valence-corrected chi connectivity index (χ3v) is 9.21. The van der Waals surface area contributed by atoms with Crippen molar-refractivity contribution in [2.24, 2.45) is 5.92 Å². The first-order chi connectivity index (χ1) is 24.1. The first kappa shape index (κ1) is 46.9. The number of unbranched alkanes of at least 4 members (excludes halogenated alkanes) is 17. The highest BCUT2D eigenvalue weighted by molar-refractivity contribution is 5.69. The van der Waals surface area contributed by atoms with Crippen LogP contribution >= 0.6 is 0 Å². The molecule has 0 saturated heterocycles. The van der Waals surface area contributed by atoms with E-state index < -0.39 is 0 Å². The molecular weight excluding hydrogens is 604 g/mol. The van der Waals surface area contributed by atoms with Gasteiger partial charge in [0.15, 0.2) is 0 Å². The lowest BCUT2D eigenvalue weighted by Crippen LogP contribution is -2.14. The second kappa shape index (κ2) is 40.3. The average Bonchev–Trinajstić information content (AvgIpc) is 3.10. The smallest absolute Gasteiger partial charge is 0.305 e. The largest absolute Gasteiger partial charge is 0.466 e. The van der Waals surface area contributed by atoms with Gasteiger partial charge in [-0.15, -0.1) is 0 Å². The number of rotatable bonds is 37. The monoisotopic (exact) mass is 685 g/mol. The highest BCUT2D eigenvalue weighted by Crippen LogP contribution is 2.18. The molecule has 0 aromatic heterocycles. The average molecular weight is 685 g/mol. The van der Waals surface area contributed by atoms with Gasteiger partial charge in [0, 0.05) is 12.8 Å². The topological polar surface area (TPSA) is 52.6 Å². The van der Waals surface area contributed by atoms with Crippen molar-refractivity contribution in [2.75, 3.05) is 13.2 Å². The molecule has 0 aliphatic carbocycles. The number of allylic oxidation sites excluding steroid dienone is 8. The summed E-state index contributed by atoms with van der Waals surface area (Å²) in [5, 5.41) is 0. The highest BCUT2D eigenvalue weighted by Gasteiger charge is 2.12. The maximum absolute atomic E-state index is 12.2. The first-order valence-corrected chi connectivity index (χ1v) is 21.0. The maximum atomic E-state index is 12.2. The van der Waals surface area contributed by atoms with E-state index in [1.54, 1.807) is 0 Å². The summed E-state index contributed by atoms with van der Waals surface area (Å²) in [6.07, 6.45) is 50.6. The van der Waals surface area contributed by atoms with Crippen LogP contribution in [0, 0.1) is 5.92 Å². The molecule has 0 aromatic rings. The number of hydrogen-bond acceptors (Lipinski definition) is 4. The van der Waals surface area contributed by atoms with Gasteiger partial charge in [-0.3, -0.25) is 9.59 Å². The van der Waals surface area contributed by atoms with Crippen LogP contribution in [0.4, 0.5) is 0 Å². The van der Waals surface area contributed by atoms with Crippen LogP contribution in [0.3, 0.4) is 0 Å². The number of carbonyl (C=O) groups is 2. The summed E-state index contributed by atoms with van der Waals surface area (Å²) in [6, 6.07) is 0. The molecule has 0 aliphatic heterocycles. The van der Waals surface area contributed by atoms with Crippen LogP contribution in [0.15, 0.2) is 48.6 Å². The Labute approximate surface area is 305 Å². The van der Waals surface area contributed by atoms with Crippen LogP contribution in [-0.2, 0) is 19.1 Å². The van der Waals surface area contributed by atoms with Gasteiger partial charge in [0.25, 0.3) is 0 Å². The number of hydrogen-bond donors (Lipinski definition) is 0. The zero-order valence-electron chi connectivity index (χ0n) is 32.7. The van der Waals surface area contributed by atoms with Gasteiger partial charge in [-0.1, -0.05) is 153 Å². The van der Waals surface area contributed by atoms with E-state index in [9.17, 15) is 9.59 Å². The molecule has 0 saturated carbocycles. The molecule has 0 radical (unpaired) electrons. The normalized spacial score (nSPS) is 12.1. The Kier molecular flexibility index (Phi) is 38.6. The molecule has 0 fully saturated rings. The Morgan fingerprint density at radius 2 is 0.755 bits per heavy atom. The molecule has 0 unspecified atom stereocenters. The molecule has 0 rings (SSSR count). The van der Waals surface area contributed by atoms with E-state index in [0.29, 0.717) is 32.0 Å². The van der Waals surface area contributed by atoms with Gasteiger partial charge in [-0.2, -0.15) is 0 Å². The lowest BCUT2D eigenvalue weighted by molar-refractivity contribution is -0.144. The molecule has 4 nitrogen and oxygen atoms in total. The summed E-state index contributed by atoms with van der Waals surface area (Å²) in [7, 11) is 0. The van der Waals surface area contributed by atoms with E-state index in [-0.39, 0.29) is 11.9 Å². The van der Waals surface area contributed by atoms with Crippen molar-refractivity contribution >= 4 is 11.9 Å². The van der Waals surface area contributed by atoms with Crippen molar-refractivity contribution in [2.45, 2.75) is 207 Å². The fourth-order valence-electron chi connectivity index (χ4n) is 5.91. The molecule has 4 heteroatoms. The van der Waals surface area contributed by atoms with E-state index in [2.05, 4.69) is 69.4 Å². The molecule has 0 aliphatic rings. The fourth-order valence-corrected chi connectivity index (χ4v) is 5.91. The Balaban J connectivity index is 3.77. The molecule has 0 amide bonds. The molecule has 0 aromatic carbocycles. The standard InChI is InChI=1S/C45H80O4/c1-4-7-10-12-14-16-18-20-22-24-26-28-30-32-34-37-44(46)48-41-39-43(36-9-6-3)40-42-49-45(47)38-35-33-31-29-27-25-23-21-19-17-15-13-11-8-5-2/h14-17,20-23,43H,4-13,18-19,24-42H2,1-3H3/b16-14-,17-15-,22-20-,23-21-. The molecule has 0 spiro atoms. The van der Waals surface area contributed by atoms with Crippen LogP contribution in [0.5, 0.6) is 0 Å². The van der Waals surface area contributed by atoms with E-state index in [0.717, 1.165) is 83.5 Å². The van der Waals surface area contributed by atoms with Crippen molar-refractivity contribution in [3.63, 3.8) is 0 Å². The van der Waals surface area contributed by atoms with E-state index in [1.807, 2.05) is 0 Å². The van der Waals surface area contributed by atoms with Gasteiger partial charge in [0.05, 0.1) is 13.2 Å².